The van der Waals surface area contributed by atoms with Crippen molar-refractivity contribution in [3.63, 3.8) is 0 Å². The van der Waals surface area contributed by atoms with Crippen LogP contribution in [0.15, 0.2) is 23.1 Å². The Kier molecular flexibility index (Phi) is 5.65. The molecule has 0 atom stereocenters. The van der Waals surface area contributed by atoms with E-state index in [9.17, 15) is 4.79 Å². The van der Waals surface area contributed by atoms with Crippen molar-refractivity contribution < 1.29 is 9.90 Å². The molecule has 0 aromatic heterocycles. The summed E-state index contributed by atoms with van der Waals surface area (Å²) in [7, 11) is 0. The predicted octanol–water partition coefficient (Wildman–Crippen LogP) is 2.28. The van der Waals surface area contributed by atoms with Gasteiger partial charge in [0.1, 0.15) is 0 Å². The van der Waals surface area contributed by atoms with Crippen LogP contribution in [0.3, 0.4) is 0 Å². The lowest BCUT2D eigenvalue weighted by molar-refractivity contribution is -0.131. The van der Waals surface area contributed by atoms with Gasteiger partial charge in [-0.15, -0.1) is 11.8 Å². The van der Waals surface area contributed by atoms with Crippen LogP contribution in [0.4, 0.5) is 0 Å². The van der Waals surface area contributed by atoms with Crippen molar-refractivity contribution in [1.82, 2.24) is 0 Å². The van der Waals surface area contributed by atoms with Crippen molar-refractivity contribution in [2.45, 2.75) is 13.3 Å². The Hall–Kier alpha value is -0.700. The highest BCUT2D eigenvalue weighted by Crippen LogP contribution is 2.08. The second kappa shape index (κ2) is 6.04. The molecule has 0 bridgehead atoms. The van der Waals surface area contributed by atoms with Crippen LogP contribution < -0.4 is 0 Å². The lowest BCUT2D eigenvalue weighted by Crippen LogP contribution is -1.86. The van der Waals surface area contributed by atoms with Crippen molar-refractivity contribution in [2.24, 2.45) is 0 Å². The first kappa shape index (κ1) is 10.3. The van der Waals surface area contributed by atoms with E-state index in [1.807, 2.05) is 18.6 Å². The average Bonchev–Trinajstić information content (AvgIpc) is 1.97. The van der Waals surface area contributed by atoms with Crippen LogP contribution in [0.1, 0.15) is 13.3 Å². The normalized spacial score (nSPS) is 12.4. The summed E-state index contributed by atoms with van der Waals surface area (Å²) in [6.45, 7) is 1.99. The molecule has 0 aromatic carbocycles. The van der Waals surface area contributed by atoms with Crippen molar-refractivity contribution >= 4 is 17.7 Å². The Balaban J connectivity index is 4.08. The van der Waals surface area contributed by atoms with Crippen molar-refractivity contribution in [2.75, 3.05) is 6.26 Å². The minimum absolute atomic E-state index is 0.866. The molecule has 0 aliphatic carbocycles. The molecule has 0 saturated heterocycles. The topological polar surface area (TPSA) is 37.3 Å². The maximum atomic E-state index is 10.1. The van der Waals surface area contributed by atoms with Crippen molar-refractivity contribution in [3.8, 4) is 0 Å². The van der Waals surface area contributed by atoms with E-state index in [-0.39, 0.29) is 0 Å². The average molecular weight is 172 g/mol. The van der Waals surface area contributed by atoms with Gasteiger partial charge in [0, 0.05) is 6.08 Å². The van der Waals surface area contributed by atoms with Gasteiger partial charge in [0.15, 0.2) is 0 Å². The summed E-state index contributed by atoms with van der Waals surface area (Å²) >= 11 is 1.58. The molecule has 0 rings (SSSR count). The van der Waals surface area contributed by atoms with E-state index in [2.05, 4.69) is 0 Å². The molecule has 0 radical (unpaired) electrons. The number of carbonyl (C=O) groups is 1. The standard InChI is InChI=1S/C8H12O2S/c1-3-7(6-11-2)4-5-8(9)10/h4-6H,3H2,1-2H3,(H,9,10)/b5-4+,7-6?. The highest BCUT2D eigenvalue weighted by Gasteiger charge is 1.89. The molecular weight excluding hydrogens is 160 g/mol. The third-order valence-electron chi connectivity index (χ3n) is 1.12. The van der Waals surface area contributed by atoms with E-state index in [1.165, 1.54) is 0 Å². The Morgan fingerprint density at radius 3 is 2.55 bits per heavy atom. The molecule has 0 aromatic rings. The Bertz CT molecular complexity index is 183. The largest absolute Gasteiger partial charge is 0.478 e. The van der Waals surface area contributed by atoms with Crippen LogP contribution in [0.2, 0.25) is 0 Å². The quantitative estimate of drug-likeness (QED) is 0.522. The van der Waals surface area contributed by atoms with Gasteiger partial charge in [0.05, 0.1) is 0 Å². The highest BCUT2D eigenvalue weighted by molar-refractivity contribution is 8.01. The minimum atomic E-state index is -0.898. The summed E-state index contributed by atoms with van der Waals surface area (Å²) in [5, 5.41) is 10.2. The fraction of sp³-hybridized carbons (Fsp3) is 0.375. The highest BCUT2D eigenvalue weighted by atomic mass is 32.2. The lowest BCUT2D eigenvalue weighted by Gasteiger charge is -1.92. The van der Waals surface area contributed by atoms with Gasteiger partial charge in [-0.05, 0) is 23.7 Å². The van der Waals surface area contributed by atoms with Gasteiger partial charge in [-0.3, -0.25) is 0 Å². The summed E-state index contributed by atoms with van der Waals surface area (Å²) in [5.41, 5.74) is 1.04. The summed E-state index contributed by atoms with van der Waals surface area (Å²) in [6.07, 6.45) is 5.60. The van der Waals surface area contributed by atoms with Gasteiger partial charge in [0.2, 0.25) is 0 Å². The molecule has 0 heterocycles. The summed E-state index contributed by atoms with van der Waals surface area (Å²) in [4.78, 5) is 10.1. The molecule has 2 nitrogen and oxygen atoms in total. The van der Waals surface area contributed by atoms with Crippen LogP contribution >= 0.6 is 11.8 Å². The number of aliphatic carboxylic acids is 1. The minimum Gasteiger partial charge on any atom is -0.478 e. The number of rotatable bonds is 4. The smallest absolute Gasteiger partial charge is 0.328 e. The van der Waals surface area contributed by atoms with Crippen LogP contribution in [0.25, 0.3) is 0 Å². The van der Waals surface area contributed by atoms with E-state index in [1.54, 1.807) is 17.8 Å². The molecule has 0 aliphatic heterocycles. The number of hydrogen-bond acceptors (Lipinski definition) is 2. The van der Waals surface area contributed by atoms with E-state index in [4.69, 9.17) is 5.11 Å². The molecule has 0 aliphatic rings. The summed E-state index contributed by atoms with van der Waals surface area (Å²) < 4.78 is 0. The fourth-order valence-corrected chi connectivity index (χ4v) is 1.12. The van der Waals surface area contributed by atoms with Crippen LogP contribution in [-0.4, -0.2) is 17.3 Å². The number of hydrogen-bond donors (Lipinski definition) is 1. The predicted molar refractivity (Wildman–Crippen MR) is 48.7 cm³/mol. The Labute approximate surface area is 71.0 Å². The third kappa shape index (κ3) is 5.73. The molecule has 0 fully saturated rings. The van der Waals surface area contributed by atoms with Gasteiger partial charge in [-0.1, -0.05) is 13.0 Å². The first-order valence-electron chi connectivity index (χ1n) is 3.33. The first-order valence-corrected chi connectivity index (χ1v) is 4.62. The summed E-state index contributed by atoms with van der Waals surface area (Å²) in [6, 6.07) is 0. The monoisotopic (exact) mass is 172 g/mol. The molecule has 0 saturated carbocycles. The van der Waals surface area contributed by atoms with Crippen molar-refractivity contribution in [1.29, 1.82) is 0 Å². The lowest BCUT2D eigenvalue weighted by atomic mass is 10.2. The molecule has 0 amide bonds. The molecule has 1 N–H and O–H groups in total. The second-order valence-electron chi connectivity index (χ2n) is 1.95. The maximum absolute atomic E-state index is 10.1. The number of carboxylic acid groups (broad SMARTS) is 1. The van der Waals surface area contributed by atoms with Gasteiger partial charge in [-0.25, -0.2) is 4.79 Å². The van der Waals surface area contributed by atoms with Gasteiger partial charge < -0.3 is 5.11 Å². The molecule has 11 heavy (non-hydrogen) atoms. The molecule has 3 heteroatoms. The zero-order chi connectivity index (χ0) is 8.69. The summed E-state index contributed by atoms with van der Waals surface area (Å²) in [5.74, 6) is -0.898. The molecule has 0 spiro atoms. The SMILES string of the molecule is CCC(=CSC)/C=C/C(=O)O. The van der Waals surface area contributed by atoms with E-state index in [0.29, 0.717) is 0 Å². The van der Waals surface area contributed by atoms with E-state index >= 15 is 0 Å². The Morgan fingerprint density at radius 2 is 2.18 bits per heavy atom. The zero-order valence-corrected chi connectivity index (χ0v) is 7.52. The van der Waals surface area contributed by atoms with Gasteiger partial charge in [-0.2, -0.15) is 0 Å². The molecule has 62 valence electrons. The zero-order valence-electron chi connectivity index (χ0n) is 6.70. The van der Waals surface area contributed by atoms with Crippen LogP contribution in [0, 0.1) is 0 Å². The van der Waals surface area contributed by atoms with E-state index in [0.717, 1.165) is 18.1 Å². The third-order valence-corrected chi connectivity index (χ3v) is 1.66. The molecule has 0 unspecified atom stereocenters. The number of allylic oxidation sites excluding steroid dienone is 2. The van der Waals surface area contributed by atoms with Gasteiger partial charge >= 0.3 is 5.97 Å². The van der Waals surface area contributed by atoms with Crippen LogP contribution in [-0.2, 0) is 4.79 Å². The second-order valence-corrected chi connectivity index (χ2v) is 2.66. The number of thioether (sulfide) groups is 1. The fourth-order valence-electron chi connectivity index (χ4n) is 0.570. The van der Waals surface area contributed by atoms with Crippen molar-refractivity contribution in [3.05, 3.63) is 23.1 Å². The van der Waals surface area contributed by atoms with Gasteiger partial charge in [0.25, 0.3) is 0 Å². The maximum Gasteiger partial charge on any atom is 0.328 e. The number of carboxylic acids is 1. The van der Waals surface area contributed by atoms with Crippen LogP contribution in [0.5, 0.6) is 0 Å². The van der Waals surface area contributed by atoms with E-state index < -0.39 is 5.97 Å². The molecular formula is C8H12O2S. The Morgan fingerprint density at radius 1 is 1.55 bits per heavy atom. The first-order chi connectivity index (χ1) is 5.20.